The Balaban J connectivity index is 1.75. The van der Waals surface area contributed by atoms with Crippen molar-refractivity contribution in [2.75, 3.05) is 6.61 Å². The Morgan fingerprint density at radius 3 is 2.37 bits per heavy atom. The van der Waals surface area contributed by atoms with Crippen molar-refractivity contribution in [1.29, 1.82) is 0 Å². The van der Waals surface area contributed by atoms with Crippen molar-refractivity contribution in [1.82, 2.24) is 0 Å². The van der Waals surface area contributed by atoms with Gasteiger partial charge in [-0.1, -0.05) is 24.6 Å². The highest BCUT2D eigenvalue weighted by Gasteiger charge is 2.14. The van der Waals surface area contributed by atoms with Gasteiger partial charge in [0, 0.05) is 17.7 Å². The van der Waals surface area contributed by atoms with Gasteiger partial charge in [-0.15, -0.1) is 11.3 Å². The lowest BCUT2D eigenvalue weighted by molar-refractivity contribution is -0.384. The van der Waals surface area contributed by atoms with Crippen molar-refractivity contribution in [2.45, 2.75) is 19.8 Å². The van der Waals surface area contributed by atoms with Gasteiger partial charge in [-0.05, 0) is 54.3 Å². The molecule has 0 bridgehead atoms. The molecule has 0 spiro atoms. The SMILES string of the molecule is CCCCOc1ccc(C(=O)ON=C(c2ccc([N+](=O)[O-])cc2)c2cccs2)cc1. The molecule has 0 unspecified atom stereocenters. The van der Waals surface area contributed by atoms with Crippen molar-refractivity contribution in [3.8, 4) is 5.75 Å². The number of unbranched alkanes of at least 4 members (excludes halogenated alkanes) is 1. The third-order valence-corrected chi connectivity index (χ3v) is 5.06. The van der Waals surface area contributed by atoms with Crippen LogP contribution >= 0.6 is 11.3 Å². The van der Waals surface area contributed by atoms with Gasteiger partial charge < -0.3 is 9.57 Å². The van der Waals surface area contributed by atoms with Gasteiger partial charge in [-0.3, -0.25) is 10.1 Å². The van der Waals surface area contributed by atoms with Crippen molar-refractivity contribution in [2.24, 2.45) is 5.16 Å². The second kappa shape index (κ2) is 10.3. The summed E-state index contributed by atoms with van der Waals surface area (Å²) in [4.78, 5) is 28.8. The molecule has 0 atom stereocenters. The molecule has 0 aliphatic carbocycles. The highest BCUT2D eigenvalue weighted by Crippen LogP contribution is 2.20. The number of carbonyl (C=O) groups excluding carboxylic acids is 1. The van der Waals surface area contributed by atoms with Gasteiger partial charge in [0.15, 0.2) is 0 Å². The number of thiophene rings is 1. The first-order chi connectivity index (χ1) is 14.6. The molecule has 3 aromatic rings. The largest absolute Gasteiger partial charge is 0.494 e. The normalized spacial score (nSPS) is 11.2. The summed E-state index contributed by atoms with van der Waals surface area (Å²) in [6, 6.07) is 16.3. The number of non-ortho nitro benzene ring substituents is 1. The van der Waals surface area contributed by atoms with Gasteiger partial charge in [0.2, 0.25) is 0 Å². The number of nitrogens with zero attached hydrogens (tertiary/aromatic N) is 2. The minimum absolute atomic E-state index is 0.0254. The molecule has 1 aromatic heterocycles. The molecule has 2 aromatic carbocycles. The van der Waals surface area contributed by atoms with Crippen LogP contribution in [0.4, 0.5) is 5.69 Å². The molecule has 0 fully saturated rings. The van der Waals surface area contributed by atoms with Gasteiger partial charge >= 0.3 is 5.97 Å². The molecule has 0 radical (unpaired) electrons. The lowest BCUT2D eigenvalue weighted by Gasteiger charge is -2.06. The van der Waals surface area contributed by atoms with E-state index in [1.807, 2.05) is 17.5 Å². The Morgan fingerprint density at radius 1 is 1.07 bits per heavy atom. The van der Waals surface area contributed by atoms with Crippen LogP contribution in [-0.4, -0.2) is 23.2 Å². The van der Waals surface area contributed by atoms with Crippen molar-refractivity contribution in [3.05, 3.63) is 92.2 Å². The summed E-state index contributed by atoms with van der Waals surface area (Å²) in [5.41, 5.74) is 1.35. The zero-order valence-electron chi connectivity index (χ0n) is 16.3. The summed E-state index contributed by atoms with van der Waals surface area (Å²) in [6.45, 7) is 2.72. The van der Waals surface area contributed by atoms with Gasteiger partial charge in [-0.25, -0.2) is 4.79 Å². The van der Waals surface area contributed by atoms with Crippen LogP contribution in [0, 0.1) is 10.1 Å². The highest BCUT2D eigenvalue weighted by atomic mass is 32.1. The molecule has 0 amide bonds. The van der Waals surface area contributed by atoms with E-state index >= 15 is 0 Å². The zero-order chi connectivity index (χ0) is 21.3. The molecular formula is C22H20N2O5S. The highest BCUT2D eigenvalue weighted by molar-refractivity contribution is 7.12. The fraction of sp³-hybridized carbons (Fsp3) is 0.182. The van der Waals surface area contributed by atoms with E-state index in [-0.39, 0.29) is 5.69 Å². The summed E-state index contributed by atoms with van der Waals surface area (Å²) >= 11 is 1.42. The summed E-state index contributed by atoms with van der Waals surface area (Å²) in [7, 11) is 0. The number of carbonyl (C=O) groups is 1. The van der Waals surface area contributed by atoms with E-state index in [2.05, 4.69) is 12.1 Å². The van der Waals surface area contributed by atoms with E-state index in [0.717, 1.165) is 17.7 Å². The number of nitro groups is 1. The molecule has 8 heteroatoms. The number of oxime groups is 1. The minimum Gasteiger partial charge on any atom is -0.494 e. The third-order valence-electron chi connectivity index (χ3n) is 4.18. The van der Waals surface area contributed by atoms with E-state index in [1.54, 1.807) is 36.4 Å². The number of ether oxygens (including phenoxy) is 1. The number of hydrogen-bond acceptors (Lipinski definition) is 7. The van der Waals surface area contributed by atoms with E-state index in [0.29, 0.717) is 29.2 Å². The molecule has 0 saturated carbocycles. The summed E-state index contributed by atoms with van der Waals surface area (Å²) in [6.07, 6.45) is 2.01. The monoisotopic (exact) mass is 424 g/mol. The maximum atomic E-state index is 12.4. The van der Waals surface area contributed by atoms with Crippen LogP contribution in [0.15, 0.2) is 71.2 Å². The van der Waals surface area contributed by atoms with Gasteiger partial charge in [0.1, 0.15) is 11.5 Å². The van der Waals surface area contributed by atoms with E-state index in [1.165, 1.54) is 23.5 Å². The Labute approximate surface area is 177 Å². The number of nitro benzene ring substituents is 1. The van der Waals surface area contributed by atoms with Gasteiger partial charge in [-0.2, -0.15) is 0 Å². The molecule has 1 heterocycles. The molecular weight excluding hydrogens is 404 g/mol. The van der Waals surface area contributed by atoms with Crippen LogP contribution in [0.2, 0.25) is 0 Å². The number of hydrogen-bond donors (Lipinski definition) is 0. The Hall–Kier alpha value is -3.52. The Kier molecular flexibility index (Phi) is 7.29. The Bertz CT molecular complexity index is 1010. The molecule has 0 saturated heterocycles. The first kappa shape index (κ1) is 21.2. The second-order valence-electron chi connectivity index (χ2n) is 6.33. The minimum atomic E-state index is -0.605. The van der Waals surface area contributed by atoms with E-state index < -0.39 is 10.9 Å². The Morgan fingerprint density at radius 2 is 1.77 bits per heavy atom. The zero-order valence-corrected chi connectivity index (χ0v) is 17.1. The van der Waals surface area contributed by atoms with Crippen LogP contribution in [0.25, 0.3) is 0 Å². The second-order valence-corrected chi connectivity index (χ2v) is 7.27. The first-order valence-corrected chi connectivity index (χ1v) is 10.3. The molecule has 3 rings (SSSR count). The first-order valence-electron chi connectivity index (χ1n) is 9.39. The number of rotatable bonds is 9. The molecule has 0 N–H and O–H groups in total. The quantitative estimate of drug-likeness (QED) is 0.150. The van der Waals surface area contributed by atoms with Gasteiger partial charge in [0.25, 0.3) is 5.69 Å². The standard InChI is InChI=1S/C22H20N2O5S/c1-2-3-14-28-19-12-8-17(9-13-19)22(25)29-23-21(20-5-4-15-30-20)16-6-10-18(11-7-16)24(26)27/h4-13,15H,2-3,14H2,1H3. The van der Waals surface area contributed by atoms with Gasteiger partial charge in [0.05, 0.1) is 22.0 Å². The van der Waals surface area contributed by atoms with Crippen molar-refractivity contribution < 1.29 is 19.3 Å². The van der Waals surface area contributed by atoms with Crippen molar-refractivity contribution >= 4 is 28.7 Å². The topological polar surface area (TPSA) is 91.0 Å². The molecule has 0 aliphatic heterocycles. The summed E-state index contributed by atoms with van der Waals surface area (Å²) in [5.74, 6) is 0.0831. The fourth-order valence-corrected chi connectivity index (χ4v) is 3.28. The average molecular weight is 424 g/mol. The predicted octanol–water partition coefficient (Wildman–Crippen LogP) is 5.44. The fourth-order valence-electron chi connectivity index (χ4n) is 2.56. The molecule has 7 nitrogen and oxygen atoms in total. The molecule has 0 aliphatic rings. The van der Waals surface area contributed by atoms with Crippen molar-refractivity contribution in [3.63, 3.8) is 0 Å². The summed E-state index contributed by atoms with van der Waals surface area (Å²) in [5, 5.41) is 16.8. The smallest absolute Gasteiger partial charge is 0.365 e. The van der Waals surface area contributed by atoms with Crippen LogP contribution in [0.3, 0.4) is 0 Å². The third kappa shape index (κ3) is 5.51. The van der Waals surface area contributed by atoms with E-state index in [4.69, 9.17) is 9.57 Å². The van der Waals surface area contributed by atoms with Crippen LogP contribution < -0.4 is 4.74 Å². The number of benzene rings is 2. The lowest BCUT2D eigenvalue weighted by atomic mass is 10.1. The molecule has 154 valence electrons. The van der Waals surface area contributed by atoms with Crippen LogP contribution in [0.1, 0.15) is 40.6 Å². The van der Waals surface area contributed by atoms with E-state index in [9.17, 15) is 14.9 Å². The maximum absolute atomic E-state index is 12.4. The predicted molar refractivity (Wildman–Crippen MR) is 115 cm³/mol. The maximum Gasteiger partial charge on any atom is 0.365 e. The van der Waals surface area contributed by atoms with Crippen LogP contribution in [-0.2, 0) is 4.84 Å². The van der Waals surface area contributed by atoms with Crippen LogP contribution in [0.5, 0.6) is 5.75 Å². The lowest BCUT2D eigenvalue weighted by Crippen LogP contribution is -2.07. The average Bonchev–Trinajstić information content (AvgIpc) is 3.29. The summed E-state index contributed by atoms with van der Waals surface area (Å²) < 4.78 is 5.59. The molecule has 30 heavy (non-hydrogen) atoms.